The molecule has 0 aromatic heterocycles. The van der Waals surface area contributed by atoms with Gasteiger partial charge in [0, 0.05) is 31.6 Å². The Balaban J connectivity index is 1.40. The zero-order valence-corrected chi connectivity index (χ0v) is 16.8. The van der Waals surface area contributed by atoms with Crippen molar-refractivity contribution in [3.05, 3.63) is 65.7 Å². The van der Waals surface area contributed by atoms with E-state index in [0.717, 1.165) is 25.3 Å². The first-order valence-corrected chi connectivity index (χ1v) is 10.1. The molecule has 5 nitrogen and oxygen atoms in total. The number of likely N-dealkylation sites (tertiary alicyclic amines) is 1. The highest BCUT2D eigenvalue weighted by Crippen LogP contribution is 2.25. The van der Waals surface area contributed by atoms with Crippen LogP contribution in [0.4, 0.5) is 0 Å². The van der Waals surface area contributed by atoms with Crippen molar-refractivity contribution >= 4 is 5.91 Å². The molecule has 3 N–H and O–H groups in total. The van der Waals surface area contributed by atoms with Gasteiger partial charge in [-0.1, -0.05) is 42.5 Å². The molecule has 1 heterocycles. The molecule has 1 aliphatic heterocycles. The number of carbonyl (C=O) groups excluding carboxylic acids is 1. The predicted molar refractivity (Wildman–Crippen MR) is 113 cm³/mol. The van der Waals surface area contributed by atoms with E-state index < -0.39 is 0 Å². The van der Waals surface area contributed by atoms with Gasteiger partial charge < -0.3 is 15.8 Å². The summed E-state index contributed by atoms with van der Waals surface area (Å²) in [6, 6.07) is 18.5. The van der Waals surface area contributed by atoms with Gasteiger partial charge in [-0.15, -0.1) is 0 Å². The molecule has 2 atom stereocenters. The van der Waals surface area contributed by atoms with Crippen molar-refractivity contribution in [1.29, 1.82) is 0 Å². The summed E-state index contributed by atoms with van der Waals surface area (Å²) in [5.74, 6) is 1.22. The van der Waals surface area contributed by atoms with Gasteiger partial charge in [-0.3, -0.25) is 9.69 Å². The van der Waals surface area contributed by atoms with Crippen LogP contribution in [0.2, 0.25) is 0 Å². The smallest absolute Gasteiger partial charge is 0.234 e. The maximum atomic E-state index is 12.3. The second kappa shape index (κ2) is 9.71. The first-order chi connectivity index (χ1) is 13.5. The topological polar surface area (TPSA) is 67.6 Å². The summed E-state index contributed by atoms with van der Waals surface area (Å²) in [6.07, 6.45) is 0.977. The zero-order chi connectivity index (χ0) is 19.9. The minimum absolute atomic E-state index is 0.0562. The van der Waals surface area contributed by atoms with Crippen LogP contribution in [-0.2, 0) is 11.2 Å². The zero-order valence-electron chi connectivity index (χ0n) is 16.8. The van der Waals surface area contributed by atoms with Gasteiger partial charge in [0.15, 0.2) is 0 Å². The molecule has 1 fully saturated rings. The van der Waals surface area contributed by atoms with Gasteiger partial charge in [0.2, 0.25) is 5.91 Å². The molecule has 0 saturated carbocycles. The fourth-order valence-electron chi connectivity index (χ4n) is 3.71. The van der Waals surface area contributed by atoms with E-state index in [0.29, 0.717) is 19.0 Å². The lowest BCUT2D eigenvalue weighted by Crippen LogP contribution is -2.38. The van der Waals surface area contributed by atoms with Crippen LogP contribution in [0.15, 0.2) is 54.6 Å². The number of hydrogen-bond donors (Lipinski definition) is 2. The molecule has 0 aliphatic carbocycles. The number of carbonyl (C=O) groups is 1. The lowest BCUT2D eigenvalue weighted by atomic mass is 9.95. The third kappa shape index (κ3) is 5.81. The molecule has 0 unspecified atom stereocenters. The molecule has 1 aliphatic rings. The highest BCUT2D eigenvalue weighted by Gasteiger charge is 2.31. The molecule has 2 aromatic rings. The van der Waals surface area contributed by atoms with Gasteiger partial charge in [0.1, 0.15) is 5.75 Å². The average Bonchev–Trinajstić information content (AvgIpc) is 3.03. The number of ether oxygens (including phenoxy) is 1. The van der Waals surface area contributed by atoms with Crippen molar-refractivity contribution in [1.82, 2.24) is 10.2 Å². The summed E-state index contributed by atoms with van der Waals surface area (Å²) in [5.41, 5.74) is 8.75. The molecule has 150 valence electrons. The third-order valence-electron chi connectivity index (χ3n) is 5.07. The summed E-state index contributed by atoms with van der Waals surface area (Å²) in [5, 5.41) is 3.02. The molecule has 3 rings (SSSR count). The van der Waals surface area contributed by atoms with Crippen molar-refractivity contribution in [2.24, 2.45) is 5.73 Å². The van der Waals surface area contributed by atoms with Gasteiger partial charge in [0.25, 0.3) is 0 Å². The SMILES string of the molecule is CC(C)Oc1ccc(CCNC(=O)CN2C[C@@H](N)[C@H](c3ccccc3)C2)cc1. The largest absolute Gasteiger partial charge is 0.491 e. The van der Waals surface area contributed by atoms with Gasteiger partial charge in [0.05, 0.1) is 12.6 Å². The molecular weight excluding hydrogens is 350 g/mol. The first kappa shape index (κ1) is 20.4. The maximum Gasteiger partial charge on any atom is 0.234 e. The number of amides is 1. The van der Waals surface area contributed by atoms with Crippen molar-refractivity contribution in [2.45, 2.75) is 38.3 Å². The van der Waals surface area contributed by atoms with E-state index in [2.05, 4.69) is 22.3 Å². The Labute approximate surface area is 167 Å². The van der Waals surface area contributed by atoms with Gasteiger partial charge in [-0.2, -0.15) is 0 Å². The van der Waals surface area contributed by atoms with E-state index >= 15 is 0 Å². The Morgan fingerprint density at radius 3 is 2.54 bits per heavy atom. The van der Waals surface area contributed by atoms with Crippen molar-refractivity contribution < 1.29 is 9.53 Å². The van der Waals surface area contributed by atoms with Crippen LogP contribution in [0, 0.1) is 0 Å². The van der Waals surface area contributed by atoms with Crippen molar-refractivity contribution in [2.75, 3.05) is 26.2 Å². The molecule has 0 spiro atoms. The molecular formula is C23H31N3O2. The Kier molecular flexibility index (Phi) is 7.06. The van der Waals surface area contributed by atoms with Crippen LogP contribution >= 0.6 is 0 Å². The van der Waals surface area contributed by atoms with E-state index in [4.69, 9.17) is 10.5 Å². The van der Waals surface area contributed by atoms with Crippen molar-refractivity contribution in [3.63, 3.8) is 0 Å². The fraction of sp³-hybridized carbons (Fsp3) is 0.435. The van der Waals surface area contributed by atoms with Crippen LogP contribution in [0.25, 0.3) is 0 Å². The lowest BCUT2D eigenvalue weighted by Gasteiger charge is -2.16. The number of hydrogen-bond acceptors (Lipinski definition) is 4. The van der Waals surface area contributed by atoms with E-state index in [-0.39, 0.29) is 18.1 Å². The number of nitrogens with one attached hydrogen (secondary N) is 1. The summed E-state index contributed by atoms with van der Waals surface area (Å²) in [4.78, 5) is 14.4. The first-order valence-electron chi connectivity index (χ1n) is 10.1. The van der Waals surface area contributed by atoms with Gasteiger partial charge in [-0.05, 0) is 43.5 Å². The second-order valence-electron chi connectivity index (χ2n) is 7.79. The van der Waals surface area contributed by atoms with E-state index in [9.17, 15) is 4.79 Å². The van der Waals surface area contributed by atoms with Crippen LogP contribution in [0.3, 0.4) is 0 Å². The predicted octanol–water partition coefficient (Wildman–Crippen LogP) is 2.56. The summed E-state index contributed by atoms with van der Waals surface area (Å²) in [7, 11) is 0. The highest BCUT2D eigenvalue weighted by molar-refractivity contribution is 5.78. The second-order valence-corrected chi connectivity index (χ2v) is 7.79. The van der Waals surface area contributed by atoms with Crippen LogP contribution in [0.1, 0.15) is 30.9 Å². The molecule has 28 heavy (non-hydrogen) atoms. The van der Waals surface area contributed by atoms with Crippen molar-refractivity contribution in [3.8, 4) is 5.75 Å². The molecule has 0 radical (unpaired) electrons. The van der Waals surface area contributed by atoms with Gasteiger partial charge in [-0.25, -0.2) is 0 Å². The number of rotatable bonds is 8. The van der Waals surface area contributed by atoms with Crippen LogP contribution < -0.4 is 15.8 Å². The monoisotopic (exact) mass is 381 g/mol. The summed E-state index contributed by atoms with van der Waals surface area (Å²) >= 11 is 0. The number of nitrogens with two attached hydrogens (primary N) is 1. The lowest BCUT2D eigenvalue weighted by molar-refractivity contribution is -0.122. The van der Waals surface area contributed by atoms with E-state index in [1.165, 1.54) is 11.1 Å². The fourth-order valence-corrected chi connectivity index (χ4v) is 3.71. The molecule has 1 saturated heterocycles. The molecule has 1 amide bonds. The molecule has 2 aromatic carbocycles. The quantitative estimate of drug-likeness (QED) is 0.737. The van der Waals surface area contributed by atoms with Crippen LogP contribution in [0.5, 0.6) is 5.75 Å². The van der Waals surface area contributed by atoms with Gasteiger partial charge >= 0.3 is 0 Å². The highest BCUT2D eigenvalue weighted by atomic mass is 16.5. The number of benzene rings is 2. The maximum absolute atomic E-state index is 12.3. The minimum atomic E-state index is 0.0562. The average molecular weight is 382 g/mol. The molecule has 5 heteroatoms. The molecule has 0 bridgehead atoms. The van der Waals surface area contributed by atoms with E-state index in [1.54, 1.807) is 0 Å². The summed E-state index contributed by atoms with van der Waals surface area (Å²) < 4.78 is 5.65. The Morgan fingerprint density at radius 2 is 1.86 bits per heavy atom. The normalized spacial score (nSPS) is 19.7. The standard InChI is InChI=1S/C23H31N3O2/c1-17(2)28-20-10-8-18(9-11-20)12-13-25-23(27)16-26-14-21(22(24)15-26)19-6-4-3-5-7-19/h3-11,17,21-22H,12-16,24H2,1-2H3,(H,25,27)/t21-,22+/m0/s1. The Bertz CT molecular complexity index is 746. The Morgan fingerprint density at radius 1 is 1.14 bits per heavy atom. The van der Waals surface area contributed by atoms with E-state index in [1.807, 2.05) is 56.3 Å². The Hall–Kier alpha value is -2.37. The third-order valence-corrected chi connectivity index (χ3v) is 5.07. The minimum Gasteiger partial charge on any atom is -0.491 e. The number of nitrogens with zero attached hydrogens (tertiary/aromatic N) is 1. The summed E-state index contributed by atoms with van der Waals surface area (Å²) in [6.45, 7) is 6.64. The van der Waals surface area contributed by atoms with Crippen LogP contribution in [-0.4, -0.2) is 49.1 Å².